The zero-order valence-electron chi connectivity index (χ0n) is 12.0. The van der Waals surface area contributed by atoms with E-state index in [0.29, 0.717) is 18.0 Å². The van der Waals surface area contributed by atoms with Gasteiger partial charge in [0.2, 0.25) is 0 Å². The molecule has 19 heavy (non-hydrogen) atoms. The molecule has 0 aliphatic rings. The standard InChI is InChI=1S/C15H26N2OS/c1-2-3-4-5-6-7-8-9-10-14(18)11-13-12-19-15(16)17-13/h12H,2-11H2,1H3,(H2,16,17). The third-order valence-corrected chi connectivity index (χ3v) is 3.98. The molecule has 0 atom stereocenters. The van der Waals surface area contributed by atoms with Gasteiger partial charge in [0.05, 0.1) is 5.69 Å². The molecule has 0 saturated heterocycles. The molecule has 1 aromatic rings. The van der Waals surface area contributed by atoms with E-state index >= 15 is 0 Å². The average molecular weight is 282 g/mol. The first kappa shape index (κ1) is 16.2. The number of aromatic nitrogens is 1. The molecule has 0 spiro atoms. The Morgan fingerprint density at radius 3 is 2.37 bits per heavy atom. The van der Waals surface area contributed by atoms with Gasteiger partial charge >= 0.3 is 0 Å². The van der Waals surface area contributed by atoms with Gasteiger partial charge in [-0.2, -0.15) is 0 Å². The van der Waals surface area contributed by atoms with Crippen LogP contribution in [0.3, 0.4) is 0 Å². The summed E-state index contributed by atoms with van der Waals surface area (Å²) >= 11 is 1.40. The molecule has 1 rings (SSSR count). The number of anilines is 1. The van der Waals surface area contributed by atoms with E-state index in [-0.39, 0.29) is 5.78 Å². The molecule has 0 radical (unpaired) electrons. The molecule has 3 nitrogen and oxygen atoms in total. The van der Waals surface area contributed by atoms with Gasteiger partial charge in [0.15, 0.2) is 5.13 Å². The number of thiazole rings is 1. The lowest BCUT2D eigenvalue weighted by Crippen LogP contribution is -2.03. The first-order valence-electron chi connectivity index (χ1n) is 7.44. The van der Waals surface area contributed by atoms with Gasteiger partial charge in [0.25, 0.3) is 0 Å². The quantitative estimate of drug-likeness (QED) is 0.613. The molecule has 0 bridgehead atoms. The molecule has 0 aromatic carbocycles. The number of unbranched alkanes of at least 4 members (excludes halogenated alkanes) is 7. The van der Waals surface area contributed by atoms with Crippen molar-refractivity contribution in [2.75, 3.05) is 5.73 Å². The maximum Gasteiger partial charge on any atom is 0.180 e. The van der Waals surface area contributed by atoms with Crippen LogP contribution >= 0.6 is 11.3 Å². The second-order valence-corrected chi connectivity index (χ2v) is 6.01. The van der Waals surface area contributed by atoms with Crippen molar-refractivity contribution in [2.24, 2.45) is 0 Å². The van der Waals surface area contributed by atoms with Crippen LogP contribution in [-0.4, -0.2) is 10.8 Å². The van der Waals surface area contributed by atoms with Crippen molar-refractivity contribution in [1.82, 2.24) is 4.98 Å². The van der Waals surface area contributed by atoms with E-state index in [4.69, 9.17) is 5.73 Å². The van der Waals surface area contributed by atoms with Gasteiger partial charge in [0, 0.05) is 18.2 Å². The number of carbonyl (C=O) groups excluding carboxylic acids is 1. The van der Waals surface area contributed by atoms with Crippen LogP contribution in [-0.2, 0) is 11.2 Å². The summed E-state index contributed by atoms with van der Waals surface area (Å²) in [7, 11) is 0. The summed E-state index contributed by atoms with van der Waals surface area (Å²) in [5.74, 6) is 0.288. The van der Waals surface area contributed by atoms with Crippen LogP contribution in [0.25, 0.3) is 0 Å². The predicted molar refractivity (Wildman–Crippen MR) is 82.5 cm³/mol. The Morgan fingerprint density at radius 2 is 1.79 bits per heavy atom. The number of nitrogen functional groups attached to an aromatic ring is 1. The van der Waals surface area contributed by atoms with Crippen molar-refractivity contribution in [3.8, 4) is 0 Å². The Balaban J connectivity index is 1.96. The number of rotatable bonds is 11. The van der Waals surface area contributed by atoms with E-state index in [1.807, 2.05) is 5.38 Å². The Bertz CT molecular complexity index is 363. The van der Waals surface area contributed by atoms with Crippen LogP contribution in [0.5, 0.6) is 0 Å². The topological polar surface area (TPSA) is 56.0 Å². The van der Waals surface area contributed by atoms with Crippen molar-refractivity contribution < 1.29 is 4.79 Å². The highest BCUT2D eigenvalue weighted by Crippen LogP contribution is 2.14. The van der Waals surface area contributed by atoms with Crippen molar-refractivity contribution in [3.63, 3.8) is 0 Å². The van der Waals surface area contributed by atoms with E-state index in [2.05, 4.69) is 11.9 Å². The van der Waals surface area contributed by atoms with Gasteiger partial charge in [0.1, 0.15) is 5.78 Å². The lowest BCUT2D eigenvalue weighted by molar-refractivity contribution is -0.118. The number of carbonyl (C=O) groups is 1. The molecule has 0 unspecified atom stereocenters. The minimum absolute atomic E-state index is 0.288. The van der Waals surface area contributed by atoms with Crippen LogP contribution in [0, 0.1) is 0 Å². The largest absolute Gasteiger partial charge is 0.375 e. The average Bonchev–Trinajstić information content (AvgIpc) is 2.78. The van der Waals surface area contributed by atoms with E-state index in [9.17, 15) is 4.79 Å². The molecule has 1 heterocycles. The molecule has 2 N–H and O–H groups in total. The smallest absolute Gasteiger partial charge is 0.180 e. The number of ketones is 1. The summed E-state index contributed by atoms with van der Waals surface area (Å²) in [6, 6.07) is 0. The zero-order valence-corrected chi connectivity index (χ0v) is 12.8. The van der Waals surface area contributed by atoms with E-state index in [1.165, 1.54) is 56.3 Å². The third-order valence-electron chi connectivity index (χ3n) is 3.26. The van der Waals surface area contributed by atoms with Crippen molar-refractivity contribution in [2.45, 2.75) is 71.1 Å². The second-order valence-electron chi connectivity index (χ2n) is 5.12. The first-order chi connectivity index (χ1) is 9.22. The third kappa shape index (κ3) is 7.98. The number of nitrogens with zero attached hydrogens (tertiary/aromatic N) is 1. The highest BCUT2D eigenvalue weighted by molar-refractivity contribution is 7.13. The van der Waals surface area contributed by atoms with E-state index in [1.54, 1.807) is 0 Å². The minimum atomic E-state index is 0.288. The van der Waals surface area contributed by atoms with E-state index in [0.717, 1.165) is 12.1 Å². The first-order valence-corrected chi connectivity index (χ1v) is 8.32. The van der Waals surface area contributed by atoms with Crippen LogP contribution in [0.1, 0.15) is 70.4 Å². The van der Waals surface area contributed by atoms with Gasteiger partial charge < -0.3 is 5.73 Å². The molecule has 0 aliphatic heterocycles. The van der Waals surface area contributed by atoms with Crippen LogP contribution in [0.2, 0.25) is 0 Å². The maximum absolute atomic E-state index is 11.7. The molecule has 0 saturated carbocycles. The van der Waals surface area contributed by atoms with Gasteiger partial charge in [-0.15, -0.1) is 11.3 Å². The summed E-state index contributed by atoms with van der Waals surface area (Å²) in [6.45, 7) is 2.24. The number of nitrogens with two attached hydrogens (primary N) is 1. The summed E-state index contributed by atoms with van der Waals surface area (Å²) in [6.07, 6.45) is 11.3. The highest BCUT2D eigenvalue weighted by atomic mass is 32.1. The number of hydrogen-bond donors (Lipinski definition) is 1. The lowest BCUT2D eigenvalue weighted by Gasteiger charge is -2.01. The van der Waals surface area contributed by atoms with E-state index < -0.39 is 0 Å². The Kier molecular flexibility index (Phi) is 8.47. The van der Waals surface area contributed by atoms with Crippen LogP contribution in [0.15, 0.2) is 5.38 Å². The SMILES string of the molecule is CCCCCCCCCCC(=O)Cc1csc(N)n1. The molecule has 108 valence electrons. The molecule has 1 aromatic heterocycles. The fourth-order valence-electron chi connectivity index (χ4n) is 2.15. The Morgan fingerprint density at radius 1 is 1.16 bits per heavy atom. The monoisotopic (exact) mass is 282 g/mol. The van der Waals surface area contributed by atoms with Crippen molar-refractivity contribution >= 4 is 22.3 Å². The molecule has 4 heteroatoms. The molecule has 0 fully saturated rings. The maximum atomic E-state index is 11.7. The van der Waals surface area contributed by atoms with Gasteiger partial charge in [-0.25, -0.2) is 4.98 Å². The molecular weight excluding hydrogens is 256 g/mol. The van der Waals surface area contributed by atoms with Crippen molar-refractivity contribution in [3.05, 3.63) is 11.1 Å². The van der Waals surface area contributed by atoms with Gasteiger partial charge in [-0.1, -0.05) is 51.9 Å². The fourth-order valence-corrected chi connectivity index (χ4v) is 2.71. The fraction of sp³-hybridized carbons (Fsp3) is 0.733. The molecule has 0 amide bonds. The predicted octanol–water partition coefficient (Wildman–Crippen LogP) is 4.37. The summed E-state index contributed by atoms with van der Waals surface area (Å²) in [4.78, 5) is 15.8. The number of Topliss-reactive ketones (excluding diaryl/α,β-unsaturated/α-hetero) is 1. The van der Waals surface area contributed by atoms with Crippen LogP contribution in [0.4, 0.5) is 5.13 Å². The minimum Gasteiger partial charge on any atom is -0.375 e. The van der Waals surface area contributed by atoms with Gasteiger partial charge in [-0.3, -0.25) is 4.79 Å². The van der Waals surface area contributed by atoms with Crippen LogP contribution < -0.4 is 5.73 Å². The summed E-state index contributed by atoms with van der Waals surface area (Å²) < 4.78 is 0. The molecular formula is C15H26N2OS. The summed E-state index contributed by atoms with van der Waals surface area (Å²) in [5.41, 5.74) is 6.37. The normalized spacial score (nSPS) is 10.8. The number of hydrogen-bond acceptors (Lipinski definition) is 4. The molecule has 0 aliphatic carbocycles. The lowest BCUT2D eigenvalue weighted by atomic mass is 10.0. The Labute approximate surface area is 120 Å². The highest BCUT2D eigenvalue weighted by Gasteiger charge is 2.06. The van der Waals surface area contributed by atoms with Crippen molar-refractivity contribution in [1.29, 1.82) is 0 Å². The zero-order chi connectivity index (χ0) is 13.9. The second kappa shape index (κ2) is 9.96. The van der Waals surface area contributed by atoms with Gasteiger partial charge in [-0.05, 0) is 6.42 Å². The summed E-state index contributed by atoms with van der Waals surface area (Å²) in [5, 5.41) is 2.43. The Hall–Kier alpha value is -0.900.